The van der Waals surface area contributed by atoms with Crippen LogP contribution < -0.4 is 10.1 Å². The average molecular weight is 518 g/mol. The molecular weight excluding hydrogens is 490 g/mol. The highest BCUT2D eigenvalue weighted by Gasteiger charge is 2.26. The molecule has 0 atom stereocenters. The van der Waals surface area contributed by atoms with E-state index in [9.17, 15) is 13.2 Å². The fraction of sp³-hybridized carbons (Fsp3) is 0.348. The van der Waals surface area contributed by atoms with Gasteiger partial charge in [-0.2, -0.15) is 4.31 Å². The molecule has 1 aliphatic heterocycles. The number of benzene rings is 2. The first-order valence-corrected chi connectivity index (χ1v) is 13.5. The normalized spacial score (nSPS) is 14.6. The number of rotatable bonds is 9. The molecule has 0 saturated carbocycles. The van der Waals surface area contributed by atoms with Gasteiger partial charge in [0.1, 0.15) is 5.75 Å². The second-order valence-electron chi connectivity index (χ2n) is 7.67. The van der Waals surface area contributed by atoms with Crippen LogP contribution in [0.3, 0.4) is 0 Å². The monoisotopic (exact) mass is 517 g/mol. The van der Waals surface area contributed by atoms with E-state index in [0.29, 0.717) is 55.3 Å². The Kier molecular flexibility index (Phi) is 8.06. The zero-order valence-corrected chi connectivity index (χ0v) is 21.1. The Labute approximate surface area is 208 Å². The molecule has 1 aliphatic rings. The number of para-hydroxylation sites is 2. The lowest BCUT2D eigenvalue weighted by atomic mass is 10.2. The van der Waals surface area contributed by atoms with Crippen molar-refractivity contribution in [2.45, 2.75) is 17.0 Å². The van der Waals surface area contributed by atoms with Crippen molar-refractivity contribution in [2.75, 3.05) is 44.0 Å². The van der Waals surface area contributed by atoms with Gasteiger partial charge in [-0.15, -0.1) is 10.2 Å². The van der Waals surface area contributed by atoms with Crippen LogP contribution in [0.5, 0.6) is 5.75 Å². The standard InChI is InChI=1S/C23H27N5O5S2/c1-3-33-20-7-5-4-6-19(20)24-21(29)16-34-23-26-25-22(27(23)2)17-8-10-18(11-9-17)35(30,31)28-12-14-32-15-13-28/h4-11H,3,12-16H2,1-2H3,(H,24,29). The molecule has 1 N–H and O–H groups in total. The molecule has 3 aromatic rings. The van der Waals surface area contributed by atoms with Crippen LogP contribution in [0.4, 0.5) is 5.69 Å². The number of carbonyl (C=O) groups excluding carboxylic acids is 1. The number of hydrogen-bond acceptors (Lipinski definition) is 8. The molecular formula is C23H27N5O5S2. The number of sulfonamides is 1. The molecule has 2 aromatic carbocycles. The summed E-state index contributed by atoms with van der Waals surface area (Å²) in [7, 11) is -1.76. The molecule has 0 bridgehead atoms. The highest BCUT2D eigenvalue weighted by atomic mass is 32.2. The van der Waals surface area contributed by atoms with E-state index >= 15 is 0 Å². The van der Waals surface area contributed by atoms with Gasteiger partial charge < -0.3 is 19.4 Å². The quantitative estimate of drug-likeness (QED) is 0.431. The number of aromatic nitrogens is 3. The molecule has 0 aliphatic carbocycles. The Balaban J connectivity index is 1.40. The van der Waals surface area contributed by atoms with Gasteiger partial charge in [0.15, 0.2) is 11.0 Å². The van der Waals surface area contributed by atoms with Crippen LogP contribution >= 0.6 is 11.8 Å². The molecule has 1 amide bonds. The van der Waals surface area contributed by atoms with Crippen LogP contribution in [-0.2, 0) is 26.6 Å². The zero-order valence-electron chi connectivity index (χ0n) is 19.5. The second-order valence-corrected chi connectivity index (χ2v) is 10.6. The molecule has 10 nitrogen and oxygen atoms in total. The van der Waals surface area contributed by atoms with Crippen molar-refractivity contribution in [1.29, 1.82) is 0 Å². The Hall–Kier alpha value is -2.93. The molecule has 0 spiro atoms. The van der Waals surface area contributed by atoms with Gasteiger partial charge in [-0.05, 0) is 43.3 Å². The zero-order chi connectivity index (χ0) is 24.8. The van der Waals surface area contributed by atoms with E-state index in [1.54, 1.807) is 48.0 Å². The van der Waals surface area contributed by atoms with Crippen molar-refractivity contribution in [3.8, 4) is 17.1 Å². The van der Waals surface area contributed by atoms with Crippen LogP contribution in [0.2, 0.25) is 0 Å². The Bertz CT molecular complexity index is 1270. The van der Waals surface area contributed by atoms with Crippen LogP contribution in [-0.4, -0.2) is 72.1 Å². The van der Waals surface area contributed by atoms with Crippen LogP contribution in [0.15, 0.2) is 58.6 Å². The third kappa shape index (κ3) is 5.84. The molecule has 0 radical (unpaired) electrons. The van der Waals surface area contributed by atoms with Crippen LogP contribution in [0.1, 0.15) is 6.92 Å². The van der Waals surface area contributed by atoms with Crippen LogP contribution in [0.25, 0.3) is 11.4 Å². The number of amides is 1. The third-order valence-electron chi connectivity index (χ3n) is 5.35. The first-order valence-electron chi connectivity index (χ1n) is 11.1. The molecule has 12 heteroatoms. The summed E-state index contributed by atoms with van der Waals surface area (Å²) in [6, 6.07) is 13.8. The van der Waals surface area contributed by atoms with Gasteiger partial charge in [-0.25, -0.2) is 8.42 Å². The van der Waals surface area contributed by atoms with Gasteiger partial charge in [0.25, 0.3) is 0 Å². The number of thioether (sulfide) groups is 1. The van der Waals surface area contributed by atoms with E-state index < -0.39 is 10.0 Å². The first kappa shape index (κ1) is 25.2. The predicted molar refractivity (Wildman–Crippen MR) is 133 cm³/mol. The fourth-order valence-corrected chi connectivity index (χ4v) is 5.69. The number of nitrogens with zero attached hydrogens (tertiary/aromatic N) is 4. The SMILES string of the molecule is CCOc1ccccc1NC(=O)CSc1nnc(-c2ccc(S(=O)(=O)N3CCOCC3)cc2)n1C. The molecule has 1 aromatic heterocycles. The summed E-state index contributed by atoms with van der Waals surface area (Å²) in [5, 5.41) is 11.9. The average Bonchev–Trinajstić information content (AvgIpc) is 3.25. The topological polar surface area (TPSA) is 116 Å². The van der Waals surface area contributed by atoms with E-state index in [1.807, 2.05) is 19.1 Å². The first-order chi connectivity index (χ1) is 16.9. The van der Waals surface area contributed by atoms with Crippen molar-refractivity contribution in [1.82, 2.24) is 19.1 Å². The highest BCUT2D eigenvalue weighted by molar-refractivity contribution is 7.99. The number of ether oxygens (including phenoxy) is 2. The predicted octanol–water partition coefficient (Wildman–Crippen LogP) is 2.63. The van der Waals surface area contributed by atoms with Crippen molar-refractivity contribution in [2.24, 2.45) is 7.05 Å². The van der Waals surface area contributed by atoms with Gasteiger partial charge in [0.05, 0.1) is 36.2 Å². The number of morpholine rings is 1. The molecule has 1 saturated heterocycles. The lowest BCUT2D eigenvalue weighted by Crippen LogP contribution is -2.40. The van der Waals surface area contributed by atoms with Gasteiger partial charge >= 0.3 is 0 Å². The summed E-state index contributed by atoms with van der Waals surface area (Å²) in [5.74, 6) is 1.14. The number of nitrogens with one attached hydrogen (secondary N) is 1. The minimum Gasteiger partial charge on any atom is -0.492 e. The van der Waals surface area contributed by atoms with Crippen molar-refractivity contribution in [3.05, 3.63) is 48.5 Å². The van der Waals surface area contributed by atoms with Crippen molar-refractivity contribution in [3.63, 3.8) is 0 Å². The van der Waals surface area contributed by atoms with E-state index in [4.69, 9.17) is 9.47 Å². The van der Waals surface area contributed by atoms with Gasteiger partial charge in [0.2, 0.25) is 15.9 Å². The summed E-state index contributed by atoms with van der Waals surface area (Å²) < 4.78 is 39.7. The molecule has 0 unspecified atom stereocenters. The maximum Gasteiger partial charge on any atom is 0.243 e. The Morgan fingerprint density at radius 1 is 1.11 bits per heavy atom. The van der Waals surface area contributed by atoms with Gasteiger partial charge in [-0.3, -0.25) is 4.79 Å². The molecule has 2 heterocycles. The summed E-state index contributed by atoms with van der Waals surface area (Å²) in [4.78, 5) is 12.7. The molecule has 4 rings (SSSR count). The summed E-state index contributed by atoms with van der Waals surface area (Å²) in [6.07, 6.45) is 0. The summed E-state index contributed by atoms with van der Waals surface area (Å²) in [5.41, 5.74) is 1.34. The minimum atomic E-state index is -3.56. The summed E-state index contributed by atoms with van der Waals surface area (Å²) >= 11 is 1.26. The maximum atomic E-state index is 12.8. The fourth-order valence-electron chi connectivity index (χ4n) is 3.57. The largest absolute Gasteiger partial charge is 0.492 e. The molecule has 186 valence electrons. The van der Waals surface area contributed by atoms with Crippen molar-refractivity contribution >= 4 is 33.4 Å². The van der Waals surface area contributed by atoms with Crippen LogP contribution in [0, 0.1) is 0 Å². The number of carbonyl (C=O) groups is 1. The van der Waals surface area contributed by atoms with E-state index in [0.717, 1.165) is 5.56 Å². The van der Waals surface area contributed by atoms with E-state index in [-0.39, 0.29) is 16.6 Å². The molecule has 1 fully saturated rings. The Morgan fingerprint density at radius 2 is 1.83 bits per heavy atom. The van der Waals surface area contributed by atoms with E-state index in [1.165, 1.54) is 16.1 Å². The maximum absolute atomic E-state index is 12.8. The highest BCUT2D eigenvalue weighted by Crippen LogP contribution is 2.27. The van der Waals surface area contributed by atoms with Crippen molar-refractivity contribution < 1.29 is 22.7 Å². The van der Waals surface area contributed by atoms with Gasteiger partial charge in [0, 0.05) is 25.7 Å². The lowest BCUT2D eigenvalue weighted by molar-refractivity contribution is -0.113. The lowest BCUT2D eigenvalue weighted by Gasteiger charge is -2.26. The number of hydrogen-bond donors (Lipinski definition) is 1. The second kappa shape index (κ2) is 11.2. The third-order valence-corrected chi connectivity index (χ3v) is 8.28. The smallest absolute Gasteiger partial charge is 0.243 e. The van der Waals surface area contributed by atoms with Gasteiger partial charge in [-0.1, -0.05) is 23.9 Å². The van der Waals surface area contributed by atoms with E-state index in [2.05, 4.69) is 15.5 Å². The Morgan fingerprint density at radius 3 is 2.54 bits per heavy atom. The number of anilines is 1. The summed E-state index contributed by atoms with van der Waals surface area (Å²) in [6.45, 7) is 3.87. The molecule has 35 heavy (non-hydrogen) atoms. The minimum absolute atomic E-state index is 0.142.